The van der Waals surface area contributed by atoms with Gasteiger partial charge in [-0.1, -0.05) is 6.92 Å². The molecule has 0 aromatic carbocycles. The van der Waals surface area contributed by atoms with E-state index in [1.54, 1.807) is 11.7 Å². The maximum atomic E-state index is 12.1. The SMILES string of the molecule is Cc1cc(C(=O)NCC2(C)CCCNC2)n(C)n1.Cl. The first-order chi connectivity index (χ1) is 8.50. The van der Waals surface area contributed by atoms with Crippen molar-refractivity contribution in [2.45, 2.75) is 26.7 Å². The first-order valence-corrected chi connectivity index (χ1v) is 6.50. The molecule has 1 aromatic rings. The minimum Gasteiger partial charge on any atom is -0.350 e. The van der Waals surface area contributed by atoms with Crippen molar-refractivity contribution >= 4 is 18.3 Å². The molecule has 1 aromatic heterocycles. The number of rotatable bonds is 3. The molecular formula is C13H23ClN4O. The van der Waals surface area contributed by atoms with E-state index >= 15 is 0 Å². The Morgan fingerprint density at radius 2 is 2.37 bits per heavy atom. The number of carbonyl (C=O) groups is 1. The van der Waals surface area contributed by atoms with E-state index in [0.29, 0.717) is 12.2 Å². The van der Waals surface area contributed by atoms with Crippen LogP contribution in [0.1, 0.15) is 35.9 Å². The van der Waals surface area contributed by atoms with Crippen molar-refractivity contribution < 1.29 is 4.79 Å². The van der Waals surface area contributed by atoms with Gasteiger partial charge in [-0.15, -0.1) is 12.4 Å². The molecule has 108 valence electrons. The summed E-state index contributed by atoms with van der Waals surface area (Å²) in [5.74, 6) is -0.0371. The van der Waals surface area contributed by atoms with Crippen molar-refractivity contribution in [1.29, 1.82) is 0 Å². The van der Waals surface area contributed by atoms with Crippen LogP contribution in [-0.4, -0.2) is 35.3 Å². The van der Waals surface area contributed by atoms with E-state index < -0.39 is 0 Å². The predicted molar refractivity (Wildman–Crippen MR) is 77.7 cm³/mol. The number of halogens is 1. The summed E-state index contributed by atoms with van der Waals surface area (Å²) in [6, 6.07) is 1.82. The van der Waals surface area contributed by atoms with E-state index in [9.17, 15) is 4.79 Å². The predicted octanol–water partition coefficient (Wildman–Crippen LogP) is 1.27. The topological polar surface area (TPSA) is 59.0 Å². The van der Waals surface area contributed by atoms with Crippen LogP contribution in [-0.2, 0) is 7.05 Å². The lowest BCUT2D eigenvalue weighted by molar-refractivity contribution is 0.0915. The Labute approximate surface area is 120 Å². The van der Waals surface area contributed by atoms with E-state index in [4.69, 9.17) is 0 Å². The van der Waals surface area contributed by atoms with Crippen molar-refractivity contribution in [3.05, 3.63) is 17.5 Å². The molecule has 0 spiro atoms. The summed E-state index contributed by atoms with van der Waals surface area (Å²) < 4.78 is 1.63. The summed E-state index contributed by atoms with van der Waals surface area (Å²) in [5, 5.41) is 10.6. The van der Waals surface area contributed by atoms with E-state index in [0.717, 1.165) is 25.2 Å². The molecular weight excluding hydrogens is 264 g/mol. The summed E-state index contributed by atoms with van der Waals surface area (Å²) in [7, 11) is 1.80. The van der Waals surface area contributed by atoms with Crippen LogP contribution in [0.15, 0.2) is 6.07 Å². The standard InChI is InChI=1S/C13H22N4O.ClH/c1-10-7-11(17(3)16-10)12(18)15-9-13(2)5-4-6-14-8-13;/h7,14H,4-6,8-9H2,1-3H3,(H,15,18);1H. The first-order valence-electron chi connectivity index (χ1n) is 6.50. The van der Waals surface area contributed by atoms with Crippen LogP contribution in [0.25, 0.3) is 0 Å². The zero-order chi connectivity index (χ0) is 13.2. The molecule has 19 heavy (non-hydrogen) atoms. The Kier molecular flexibility index (Phi) is 5.38. The Morgan fingerprint density at radius 1 is 1.63 bits per heavy atom. The van der Waals surface area contributed by atoms with Crippen LogP contribution in [0.3, 0.4) is 0 Å². The average molecular weight is 287 g/mol. The Morgan fingerprint density at radius 3 is 2.89 bits per heavy atom. The molecule has 1 fully saturated rings. The molecule has 0 aliphatic carbocycles. The summed E-state index contributed by atoms with van der Waals surface area (Å²) in [4.78, 5) is 12.1. The van der Waals surface area contributed by atoms with E-state index in [2.05, 4.69) is 22.7 Å². The summed E-state index contributed by atoms with van der Waals surface area (Å²) in [5.41, 5.74) is 1.66. The van der Waals surface area contributed by atoms with Gasteiger partial charge < -0.3 is 10.6 Å². The van der Waals surface area contributed by atoms with Gasteiger partial charge in [0.15, 0.2) is 0 Å². The minimum absolute atomic E-state index is 0. The van der Waals surface area contributed by atoms with Crippen LogP contribution in [0.5, 0.6) is 0 Å². The first kappa shape index (κ1) is 16.0. The van der Waals surface area contributed by atoms with Gasteiger partial charge in [0.05, 0.1) is 5.69 Å². The molecule has 5 nitrogen and oxygen atoms in total. The summed E-state index contributed by atoms with van der Waals surface area (Å²) >= 11 is 0. The highest BCUT2D eigenvalue weighted by Gasteiger charge is 2.27. The number of nitrogens with one attached hydrogen (secondary N) is 2. The van der Waals surface area contributed by atoms with Gasteiger partial charge in [0, 0.05) is 20.1 Å². The number of hydrogen-bond donors (Lipinski definition) is 2. The molecule has 0 radical (unpaired) electrons. The van der Waals surface area contributed by atoms with E-state index in [1.165, 1.54) is 6.42 Å². The second-order valence-electron chi connectivity index (χ2n) is 5.57. The largest absolute Gasteiger partial charge is 0.350 e. The normalized spacial score (nSPS) is 22.7. The Bertz CT molecular complexity index is 438. The summed E-state index contributed by atoms with van der Waals surface area (Å²) in [6.45, 7) is 6.88. The summed E-state index contributed by atoms with van der Waals surface area (Å²) in [6.07, 6.45) is 2.34. The highest BCUT2D eigenvalue weighted by atomic mass is 35.5. The van der Waals surface area contributed by atoms with Crippen LogP contribution in [0.4, 0.5) is 0 Å². The van der Waals surface area contributed by atoms with Gasteiger partial charge in [-0.3, -0.25) is 9.48 Å². The minimum atomic E-state index is -0.0371. The molecule has 0 saturated carbocycles. The molecule has 1 atom stereocenters. The van der Waals surface area contributed by atoms with Crippen LogP contribution >= 0.6 is 12.4 Å². The van der Waals surface area contributed by atoms with Crippen molar-refractivity contribution in [3.63, 3.8) is 0 Å². The highest BCUT2D eigenvalue weighted by molar-refractivity contribution is 5.92. The number of carbonyl (C=O) groups excluding carboxylic acids is 1. The Balaban J connectivity index is 0.00000180. The van der Waals surface area contributed by atoms with Crippen LogP contribution in [0.2, 0.25) is 0 Å². The lowest BCUT2D eigenvalue weighted by atomic mass is 9.83. The third-order valence-corrected chi connectivity index (χ3v) is 3.60. The molecule has 2 heterocycles. The zero-order valence-corrected chi connectivity index (χ0v) is 12.6. The molecule has 1 saturated heterocycles. The van der Waals surface area contributed by atoms with Crippen molar-refractivity contribution in [1.82, 2.24) is 20.4 Å². The molecule has 0 bridgehead atoms. The second kappa shape index (κ2) is 6.39. The van der Waals surface area contributed by atoms with Gasteiger partial charge >= 0.3 is 0 Å². The van der Waals surface area contributed by atoms with Crippen molar-refractivity contribution in [2.24, 2.45) is 12.5 Å². The quantitative estimate of drug-likeness (QED) is 0.880. The van der Waals surface area contributed by atoms with Crippen LogP contribution in [0, 0.1) is 12.3 Å². The smallest absolute Gasteiger partial charge is 0.269 e. The molecule has 1 amide bonds. The fourth-order valence-electron chi connectivity index (χ4n) is 2.48. The molecule has 1 aliphatic heterocycles. The molecule has 2 rings (SSSR count). The average Bonchev–Trinajstić information content (AvgIpc) is 2.67. The van der Waals surface area contributed by atoms with Gasteiger partial charge in [-0.2, -0.15) is 5.10 Å². The number of piperidine rings is 1. The number of amides is 1. The number of nitrogens with zero attached hydrogens (tertiary/aromatic N) is 2. The maximum Gasteiger partial charge on any atom is 0.269 e. The molecule has 6 heteroatoms. The van der Waals surface area contributed by atoms with Gasteiger partial charge in [0.2, 0.25) is 0 Å². The molecule has 1 unspecified atom stereocenters. The number of hydrogen-bond acceptors (Lipinski definition) is 3. The monoisotopic (exact) mass is 286 g/mol. The lowest BCUT2D eigenvalue weighted by Crippen LogP contribution is -2.45. The fourth-order valence-corrected chi connectivity index (χ4v) is 2.48. The van der Waals surface area contributed by atoms with Gasteiger partial charge in [0.25, 0.3) is 5.91 Å². The third kappa shape index (κ3) is 3.94. The van der Waals surface area contributed by atoms with Crippen molar-refractivity contribution in [2.75, 3.05) is 19.6 Å². The van der Waals surface area contributed by atoms with Crippen molar-refractivity contribution in [3.8, 4) is 0 Å². The van der Waals surface area contributed by atoms with Gasteiger partial charge in [0.1, 0.15) is 5.69 Å². The highest BCUT2D eigenvalue weighted by Crippen LogP contribution is 2.24. The van der Waals surface area contributed by atoms with E-state index in [1.807, 2.05) is 13.0 Å². The maximum absolute atomic E-state index is 12.1. The number of aromatic nitrogens is 2. The van der Waals surface area contributed by atoms with E-state index in [-0.39, 0.29) is 23.7 Å². The van der Waals surface area contributed by atoms with Crippen LogP contribution < -0.4 is 10.6 Å². The lowest BCUT2D eigenvalue weighted by Gasteiger charge is -2.34. The molecule has 1 aliphatic rings. The molecule has 2 N–H and O–H groups in total. The number of aryl methyl sites for hydroxylation is 2. The third-order valence-electron chi connectivity index (χ3n) is 3.60. The van der Waals surface area contributed by atoms with Gasteiger partial charge in [-0.25, -0.2) is 0 Å². The zero-order valence-electron chi connectivity index (χ0n) is 11.8. The Hall–Kier alpha value is -1.07. The second-order valence-corrected chi connectivity index (χ2v) is 5.57. The van der Waals surface area contributed by atoms with Gasteiger partial charge in [-0.05, 0) is 37.8 Å². The fraction of sp³-hybridized carbons (Fsp3) is 0.692.